The molecule has 5 rings (SSSR count). The molecule has 0 radical (unpaired) electrons. The van der Waals surface area contributed by atoms with Crippen LogP contribution in [0.5, 0.6) is 0 Å². The van der Waals surface area contributed by atoms with Crippen molar-refractivity contribution in [2.45, 2.75) is 78.6 Å². The largest absolute Gasteiger partial charge is 0.314 e. The fourth-order valence-electron chi connectivity index (χ4n) is 7.52. The van der Waals surface area contributed by atoms with Gasteiger partial charge in [0.15, 0.2) is 0 Å². The van der Waals surface area contributed by atoms with Crippen molar-refractivity contribution in [2.24, 2.45) is 5.41 Å². The first kappa shape index (κ1) is 33.8. The molecule has 0 aliphatic heterocycles. The van der Waals surface area contributed by atoms with Gasteiger partial charge < -0.3 is 9.80 Å². The third kappa shape index (κ3) is 7.71. The van der Waals surface area contributed by atoms with Crippen molar-refractivity contribution in [2.75, 3.05) is 9.80 Å². The zero-order valence-electron chi connectivity index (χ0n) is 28.8. The Morgan fingerprint density at radius 3 is 1.53 bits per heavy atom. The van der Waals surface area contributed by atoms with Crippen LogP contribution in [0.4, 0.5) is 11.4 Å². The summed E-state index contributed by atoms with van der Waals surface area (Å²) in [6.07, 6.45) is 37.0. The van der Waals surface area contributed by atoms with Gasteiger partial charge in [-0.3, -0.25) is 0 Å². The molecule has 47 heavy (non-hydrogen) atoms. The highest BCUT2D eigenvalue weighted by Crippen LogP contribution is 2.53. The summed E-state index contributed by atoms with van der Waals surface area (Å²) in [5, 5.41) is 0. The molecule has 3 aliphatic carbocycles. The van der Waals surface area contributed by atoms with E-state index in [-0.39, 0.29) is 5.41 Å². The van der Waals surface area contributed by atoms with Crippen molar-refractivity contribution in [1.29, 1.82) is 0 Å². The number of hydrogen-bond acceptors (Lipinski definition) is 2. The fraction of sp³-hybridized carbons (Fsp3) is 0.289. The third-order valence-electron chi connectivity index (χ3n) is 9.93. The summed E-state index contributed by atoms with van der Waals surface area (Å²) >= 11 is 0. The van der Waals surface area contributed by atoms with E-state index in [1.807, 2.05) is 12.2 Å². The first-order valence-electron chi connectivity index (χ1n) is 17.5. The van der Waals surface area contributed by atoms with Gasteiger partial charge in [-0.2, -0.15) is 0 Å². The van der Waals surface area contributed by atoms with Gasteiger partial charge in [0.25, 0.3) is 0 Å². The Labute approximate surface area is 284 Å². The number of allylic oxidation sites excluding steroid dienone is 16. The summed E-state index contributed by atoms with van der Waals surface area (Å²) in [5.41, 5.74) is 11.8. The highest BCUT2D eigenvalue weighted by atomic mass is 15.2. The normalized spacial score (nSPS) is 18.7. The number of anilines is 2. The Hall–Kier alpha value is -4.56. The molecular weight excluding hydrogens is 569 g/mol. The second kappa shape index (κ2) is 16.3. The SMILES string of the molecule is C=C/C(=C\C=C\C)N(C1=CC=C(C2(C3=CC=C(N(/C(C=C)=C/C=C/C)c4ccc(C)cc4)CC3)CCCCC2)CC1)c1ccccc1. The topological polar surface area (TPSA) is 6.48 Å². The summed E-state index contributed by atoms with van der Waals surface area (Å²) in [6, 6.07) is 19.6. The average Bonchev–Trinajstić information content (AvgIpc) is 3.13. The van der Waals surface area contributed by atoms with E-state index >= 15 is 0 Å². The molecule has 0 aromatic heterocycles. The van der Waals surface area contributed by atoms with E-state index in [1.54, 1.807) is 11.1 Å². The molecular formula is C45H52N2. The molecule has 0 spiro atoms. The summed E-state index contributed by atoms with van der Waals surface area (Å²) in [6.45, 7) is 14.6. The molecule has 0 unspecified atom stereocenters. The Kier molecular flexibility index (Phi) is 11.7. The molecule has 2 aromatic rings. The van der Waals surface area contributed by atoms with Crippen molar-refractivity contribution in [3.05, 3.63) is 180 Å². The van der Waals surface area contributed by atoms with Crippen molar-refractivity contribution < 1.29 is 0 Å². The lowest BCUT2D eigenvalue weighted by Gasteiger charge is -2.45. The van der Waals surface area contributed by atoms with Gasteiger partial charge in [0.05, 0.1) is 0 Å². The van der Waals surface area contributed by atoms with Crippen LogP contribution >= 0.6 is 0 Å². The molecule has 0 bridgehead atoms. The van der Waals surface area contributed by atoms with Gasteiger partial charge in [0.1, 0.15) is 0 Å². The van der Waals surface area contributed by atoms with Gasteiger partial charge in [-0.15, -0.1) is 0 Å². The third-order valence-corrected chi connectivity index (χ3v) is 9.93. The van der Waals surface area contributed by atoms with Crippen LogP contribution in [-0.4, -0.2) is 0 Å². The molecule has 2 heteroatoms. The van der Waals surface area contributed by atoms with Gasteiger partial charge in [0, 0.05) is 39.6 Å². The van der Waals surface area contributed by atoms with Crippen molar-refractivity contribution in [1.82, 2.24) is 0 Å². The Balaban J connectivity index is 1.52. The fourth-order valence-corrected chi connectivity index (χ4v) is 7.52. The van der Waals surface area contributed by atoms with Gasteiger partial charge in [-0.25, -0.2) is 0 Å². The minimum Gasteiger partial charge on any atom is -0.314 e. The van der Waals surface area contributed by atoms with Crippen LogP contribution in [0.1, 0.15) is 77.2 Å². The lowest BCUT2D eigenvalue weighted by Crippen LogP contribution is -2.32. The van der Waals surface area contributed by atoms with Crippen LogP contribution in [0.2, 0.25) is 0 Å². The minimum absolute atomic E-state index is 0.151. The lowest BCUT2D eigenvalue weighted by atomic mass is 9.61. The van der Waals surface area contributed by atoms with Gasteiger partial charge in [-0.05, 0) is 120 Å². The van der Waals surface area contributed by atoms with Crippen LogP contribution in [0.3, 0.4) is 0 Å². The number of para-hydroxylation sites is 1. The molecule has 0 N–H and O–H groups in total. The van der Waals surface area contributed by atoms with Crippen LogP contribution in [-0.2, 0) is 0 Å². The summed E-state index contributed by atoms with van der Waals surface area (Å²) in [5.74, 6) is 0. The molecule has 1 saturated carbocycles. The minimum atomic E-state index is 0.151. The van der Waals surface area contributed by atoms with E-state index in [9.17, 15) is 0 Å². The Bertz CT molecular complexity index is 1640. The predicted octanol–water partition coefficient (Wildman–Crippen LogP) is 12.8. The van der Waals surface area contributed by atoms with Crippen LogP contribution in [0, 0.1) is 12.3 Å². The number of hydrogen-bond donors (Lipinski definition) is 0. The first-order chi connectivity index (χ1) is 23.0. The van der Waals surface area contributed by atoms with E-state index in [0.717, 1.165) is 37.1 Å². The van der Waals surface area contributed by atoms with Crippen molar-refractivity contribution in [3.8, 4) is 0 Å². The van der Waals surface area contributed by atoms with Crippen molar-refractivity contribution >= 4 is 11.4 Å². The molecule has 0 atom stereocenters. The predicted molar refractivity (Wildman–Crippen MR) is 205 cm³/mol. The van der Waals surface area contributed by atoms with E-state index in [1.165, 1.54) is 60.4 Å². The molecule has 242 valence electrons. The maximum atomic E-state index is 4.19. The van der Waals surface area contributed by atoms with Crippen molar-refractivity contribution in [3.63, 3.8) is 0 Å². The summed E-state index contributed by atoms with van der Waals surface area (Å²) in [7, 11) is 0. The summed E-state index contributed by atoms with van der Waals surface area (Å²) in [4.78, 5) is 4.76. The number of nitrogens with zero attached hydrogens (tertiary/aromatic N) is 2. The molecule has 2 aromatic carbocycles. The standard InChI is InChI=1S/C45H52N2/c1-6-10-18-39(8-3)46(41-20-14-12-15-21-41)43-30-24-37(25-31-43)45(34-16-13-17-35-45)38-26-32-44(33-27-38)47(40(9-4)19-11-7-2)42-28-22-36(5)23-29-42/h6-12,14-15,18-24,26,28-30,32H,3-4,13,16-17,25,27,31,33-35H2,1-2,5H3/b10-6+,11-7+,39-18+,40-19+. The number of aryl methyl sites for hydroxylation is 1. The van der Waals surface area contributed by atoms with Gasteiger partial charge >= 0.3 is 0 Å². The zero-order valence-corrected chi connectivity index (χ0v) is 28.8. The van der Waals surface area contributed by atoms with Crippen LogP contribution in [0.15, 0.2) is 175 Å². The van der Waals surface area contributed by atoms with E-state index < -0.39 is 0 Å². The Morgan fingerprint density at radius 1 is 0.617 bits per heavy atom. The molecule has 0 saturated heterocycles. The molecule has 0 amide bonds. The molecule has 2 nitrogen and oxygen atoms in total. The quantitative estimate of drug-likeness (QED) is 0.218. The van der Waals surface area contributed by atoms with Gasteiger partial charge in [-0.1, -0.05) is 116 Å². The summed E-state index contributed by atoms with van der Waals surface area (Å²) < 4.78 is 0. The highest BCUT2D eigenvalue weighted by molar-refractivity contribution is 5.64. The van der Waals surface area contributed by atoms with E-state index in [2.05, 4.69) is 159 Å². The molecule has 0 heterocycles. The van der Waals surface area contributed by atoms with E-state index in [0.29, 0.717) is 0 Å². The smallest absolute Gasteiger partial charge is 0.0458 e. The number of rotatable bonds is 12. The zero-order chi connectivity index (χ0) is 33.1. The Morgan fingerprint density at radius 2 is 1.11 bits per heavy atom. The molecule has 3 aliphatic rings. The highest BCUT2D eigenvalue weighted by Gasteiger charge is 2.40. The lowest BCUT2D eigenvalue weighted by molar-refractivity contribution is 0.273. The van der Waals surface area contributed by atoms with Gasteiger partial charge in [0.2, 0.25) is 0 Å². The first-order valence-corrected chi connectivity index (χ1v) is 17.5. The maximum absolute atomic E-state index is 4.19. The molecule has 1 fully saturated rings. The monoisotopic (exact) mass is 620 g/mol. The van der Waals surface area contributed by atoms with Crippen LogP contribution in [0.25, 0.3) is 0 Å². The second-order valence-electron chi connectivity index (χ2n) is 12.8. The average molecular weight is 621 g/mol. The van der Waals surface area contributed by atoms with E-state index in [4.69, 9.17) is 0 Å². The maximum Gasteiger partial charge on any atom is 0.0458 e. The van der Waals surface area contributed by atoms with Crippen LogP contribution < -0.4 is 9.80 Å². The number of benzene rings is 2. The second-order valence-corrected chi connectivity index (χ2v) is 12.8.